The van der Waals surface area contributed by atoms with Crippen molar-refractivity contribution in [1.29, 1.82) is 0 Å². The molecular formula is C18H20ClNO2. The van der Waals surface area contributed by atoms with E-state index in [-0.39, 0.29) is 18.6 Å². The number of benzene rings is 2. The minimum Gasteiger partial charge on any atom is -0.394 e. The number of carbonyl (C=O) groups is 1. The molecule has 0 fully saturated rings. The normalized spacial score (nSPS) is 11.9. The quantitative estimate of drug-likeness (QED) is 0.821. The number of aryl methyl sites for hydroxylation is 1. The van der Waals surface area contributed by atoms with Gasteiger partial charge >= 0.3 is 0 Å². The van der Waals surface area contributed by atoms with Gasteiger partial charge in [0.25, 0.3) is 0 Å². The third-order valence-electron chi connectivity index (χ3n) is 3.50. The van der Waals surface area contributed by atoms with Crippen molar-refractivity contribution in [3.63, 3.8) is 0 Å². The molecule has 3 nitrogen and oxygen atoms in total. The molecule has 2 rings (SSSR count). The number of carbonyl (C=O) groups excluding carboxylic acids is 1. The van der Waals surface area contributed by atoms with Crippen LogP contribution < -0.4 is 5.32 Å². The Balaban J connectivity index is 1.78. The molecule has 1 amide bonds. The van der Waals surface area contributed by atoms with Gasteiger partial charge in [-0.05, 0) is 36.1 Å². The predicted molar refractivity (Wildman–Crippen MR) is 88.8 cm³/mol. The summed E-state index contributed by atoms with van der Waals surface area (Å²) in [5, 5.41) is 13.0. The summed E-state index contributed by atoms with van der Waals surface area (Å²) >= 11 is 5.84. The van der Waals surface area contributed by atoms with Crippen molar-refractivity contribution >= 4 is 17.5 Å². The second-order valence-corrected chi connectivity index (χ2v) is 5.63. The van der Waals surface area contributed by atoms with Crippen LogP contribution in [-0.4, -0.2) is 17.6 Å². The van der Waals surface area contributed by atoms with E-state index in [2.05, 4.69) is 5.32 Å². The van der Waals surface area contributed by atoms with E-state index in [1.807, 2.05) is 54.6 Å². The number of hydrogen-bond donors (Lipinski definition) is 2. The Morgan fingerprint density at radius 1 is 1.09 bits per heavy atom. The van der Waals surface area contributed by atoms with E-state index in [1.165, 1.54) is 5.56 Å². The molecule has 0 radical (unpaired) electrons. The van der Waals surface area contributed by atoms with E-state index < -0.39 is 0 Å². The molecule has 0 aliphatic heterocycles. The molecular weight excluding hydrogens is 298 g/mol. The van der Waals surface area contributed by atoms with Gasteiger partial charge in [0.05, 0.1) is 12.6 Å². The molecule has 2 aromatic carbocycles. The number of rotatable bonds is 7. The molecule has 4 heteroatoms. The Kier molecular flexibility index (Phi) is 6.44. The van der Waals surface area contributed by atoms with Crippen molar-refractivity contribution in [1.82, 2.24) is 5.32 Å². The molecule has 1 unspecified atom stereocenters. The predicted octanol–water partition coefficient (Wildman–Crippen LogP) is 3.51. The average molecular weight is 318 g/mol. The first-order valence-corrected chi connectivity index (χ1v) is 7.76. The third-order valence-corrected chi connectivity index (χ3v) is 3.75. The van der Waals surface area contributed by atoms with Crippen molar-refractivity contribution in [2.75, 3.05) is 6.61 Å². The summed E-state index contributed by atoms with van der Waals surface area (Å²) in [6, 6.07) is 16.8. The van der Waals surface area contributed by atoms with Gasteiger partial charge in [0.1, 0.15) is 0 Å². The van der Waals surface area contributed by atoms with Gasteiger partial charge in [-0.25, -0.2) is 0 Å². The average Bonchev–Trinajstić information content (AvgIpc) is 2.55. The Hall–Kier alpha value is -1.84. The first-order valence-electron chi connectivity index (χ1n) is 7.38. The van der Waals surface area contributed by atoms with Crippen LogP contribution >= 0.6 is 11.6 Å². The number of aliphatic hydroxyl groups is 1. The van der Waals surface area contributed by atoms with Crippen LogP contribution in [0.1, 0.15) is 30.0 Å². The van der Waals surface area contributed by atoms with Gasteiger partial charge in [-0.15, -0.1) is 0 Å². The smallest absolute Gasteiger partial charge is 0.220 e. The fourth-order valence-corrected chi connectivity index (χ4v) is 2.42. The Bertz CT molecular complexity index is 584. The second-order valence-electron chi connectivity index (χ2n) is 5.19. The summed E-state index contributed by atoms with van der Waals surface area (Å²) in [7, 11) is 0. The molecule has 0 aliphatic carbocycles. The van der Waals surface area contributed by atoms with Crippen molar-refractivity contribution < 1.29 is 9.90 Å². The lowest BCUT2D eigenvalue weighted by Gasteiger charge is -2.16. The zero-order chi connectivity index (χ0) is 15.8. The third kappa shape index (κ3) is 5.17. The lowest BCUT2D eigenvalue weighted by atomic mass is 10.1. The van der Waals surface area contributed by atoms with Crippen molar-refractivity contribution in [2.24, 2.45) is 0 Å². The van der Waals surface area contributed by atoms with Crippen molar-refractivity contribution in [3.8, 4) is 0 Å². The molecule has 0 heterocycles. The summed E-state index contributed by atoms with van der Waals surface area (Å²) in [5.74, 6) is -0.0446. The highest BCUT2D eigenvalue weighted by Gasteiger charge is 2.12. The van der Waals surface area contributed by atoms with Crippen LogP contribution in [0.25, 0.3) is 0 Å². The number of halogens is 1. The van der Waals surface area contributed by atoms with Gasteiger partial charge in [-0.3, -0.25) is 4.79 Å². The molecule has 116 valence electrons. The van der Waals surface area contributed by atoms with E-state index in [4.69, 9.17) is 11.6 Å². The lowest BCUT2D eigenvalue weighted by Crippen LogP contribution is -2.30. The Morgan fingerprint density at radius 3 is 2.41 bits per heavy atom. The molecule has 2 aromatic rings. The van der Waals surface area contributed by atoms with Gasteiger partial charge in [0, 0.05) is 11.4 Å². The summed E-state index contributed by atoms with van der Waals surface area (Å²) in [6.45, 7) is -0.104. The Labute approximate surface area is 135 Å². The molecule has 0 bridgehead atoms. The largest absolute Gasteiger partial charge is 0.394 e. The summed E-state index contributed by atoms with van der Waals surface area (Å²) < 4.78 is 0. The van der Waals surface area contributed by atoms with E-state index in [9.17, 15) is 9.90 Å². The minimum absolute atomic E-state index is 0.0446. The van der Waals surface area contributed by atoms with Gasteiger partial charge in [0.15, 0.2) is 0 Å². The topological polar surface area (TPSA) is 49.3 Å². The first kappa shape index (κ1) is 16.5. The van der Waals surface area contributed by atoms with E-state index in [1.54, 1.807) is 0 Å². The van der Waals surface area contributed by atoms with Crippen LogP contribution in [0, 0.1) is 0 Å². The molecule has 0 saturated carbocycles. The zero-order valence-corrected chi connectivity index (χ0v) is 13.1. The fourth-order valence-electron chi connectivity index (χ4n) is 2.29. The number of nitrogens with one attached hydrogen (secondary N) is 1. The van der Waals surface area contributed by atoms with Crippen LogP contribution in [-0.2, 0) is 11.2 Å². The van der Waals surface area contributed by atoms with Crippen LogP contribution in [0.5, 0.6) is 0 Å². The molecule has 1 atom stereocenters. The van der Waals surface area contributed by atoms with E-state index >= 15 is 0 Å². The fraction of sp³-hybridized carbons (Fsp3) is 0.278. The zero-order valence-electron chi connectivity index (χ0n) is 12.3. The number of aliphatic hydroxyl groups excluding tert-OH is 1. The number of hydrogen-bond acceptors (Lipinski definition) is 2. The maximum Gasteiger partial charge on any atom is 0.220 e. The van der Waals surface area contributed by atoms with Gasteiger partial charge < -0.3 is 10.4 Å². The van der Waals surface area contributed by atoms with E-state index in [0.29, 0.717) is 6.42 Å². The van der Waals surface area contributed by atoms with E-state index in [0.717, 1.165) is 23.4 Å². The molecule has 0 aliphatic rings. The molecule has 0 saturated heterocycles. The van der Waals surface area contributed by atoms with Crippen LogP contribution in [0.3, 0.4) is 0 Å². The highest BCUT2D eigenvalue weighted by atomic mass is 35.5. The van der Waals surface area contributed by atoms with Crippen molar-refractivity contribution in [2.45, 2.75) is 25.3 Å². The second kappa shape index (κ2) is 8.57. The maximum absolute atomic E-state index is 12.0. The molecule has 22 heavy (non-hydrogen) atoms. The summed E-state index contributed by atoms with van der Waals surface area (Å²) in [5.41, 5.74) is 2.08. The van der Waals surface area contributed by atoms with Crippen molar-refractivity contribution in [3.05, 3.63) is 70.7 Å². The van der Waals surface area contributed by atoms with Gasteiger partial charge in [-0.1, -0.05) is 54.1 Å². The standard InChI is InChI=1S/C18H20ClNO2/c19-16-11-9-14(10-12-16)5-4-8-18(22)20-17(13-21)15-6-2-1-3-7-15/h1-3,6-7,9-12,17,21H,4-5,8,13H2,(H,20,22). The summed E-state index contributed by atoms with van der Waals surface area (Å²) in [4.78, 5) is 12.0. The summed E-state index contributed by atoms with van der Waals surface area (Å²) in [6.07, 6.45) is 2.03. The minimum atomic E-state index is -0.343. The van der Waals surface area contributed by atoms with Crippen LogP contribution in [0.15, 0.2) is 54.6 Å². The molecule has 2 N–H and O–H groups in total. The highest BCUT2D eigenvalue weighted by molar-refractivity contribution is 6.30. The molecule has 0 spiro atoms. The van der Waals surface area contributed by atoms with Gasteiger partial charge in [0.2, 0.25) is 5.91 Å². The number of amides is 1. The molecule has 0 aromatic heterocycles. The first-order chi connectivity index (χ1) is 10.7. The van der Waals surface area contributed by atoms with Gasteiger partial charge in [-0.2, -0.15) is 0 Å². The van der Waals surface area contributed by atoms with Crippen LogP contribution in [0.2, 0.25) is 5.02 Å². The SMILES string of the molecule is O=C(CCCc1ccc(Cl)cc1)NC(CO)c1ccccc1. The van der Waals surface area contributed by atoms with Crippen LogP contribution in [0.4, 0.5) is 0 Å². The lowest BCUT2D eigenvalue weighted by molar-refractivity contribution is -0.122. The maximum atomic E-state index is 12.0. The Morgan fingerprint density at radius 2 is 1.77 bits per heavy atom. The highest BCUT2D eigenvalue weighted by Crippen LogP contribution is 2.13. The monoisotopic (exact) mass is 317 g/mol.